The van der Waals surface area contributed by atoms with Crippen LogP contribution in [0.25, 0.3) is 0 Å². The van der Waals surface area contributed by atoms with Crippen molar-refractivity contribution in [3.05, 3.63) is 89.0 Å². The molecule has 0 spiro atoms. The molecule has 0 saturated heterocycles. The highest BCUT2D eigenvalue weighted by atomic mass is 32.2. The molecule has 0 aliphatic heterocycles. The van der Waals surface area contributed by atoms with Gasteiger partial charge in [-0.05, 0) is 67.1 Å². The smallest absolute Gasteiger partial charge is 0.261 e. The maximum Gasteiger partial charge on any atom is 0.261 e. The second-order valence-electron chi connectivity index (χ2n) is 7.41. The highest BCUT2D eigenvalue weighted by Crippen LogP contribution is 2.23. The average Bonchev–Trinajstić information content (AvgIpc) is 2.75. The van der Waals surface area contributed by atoms with Crippen LogP contribution in [-0.4, -0.2) is 32.5 Å². The van der Waals surface area contributed by atoms with Gasteiger partial charge in [-0.15, -0.1) is 11.8 Å². The molecule has 0 atom stereocenters. The Kier molecular flexibility index (Phi) is 7.08. The number of benzene rings is 3. The molecule has 0 aromatic heterocycles. The van der Waals surface area contributed by atoms with Gasteiger partial charge in [0.05, 0.1) is 10.6 Å². The van der Waals surface area contributed by atoms with Gasteiger partial charge in [0.1, 0.15) is 0 Å². The Bertz CT molecular complexity index is 1190. The molecule has 0 radical (unpaired) electrons. The van der Waals surface area contributed by atoms with Crippen LogP contribution in [0.1, 0.15) is 27.0 Å². The lowest BCUT2D eigenvalue weighted by Crippen LogP contribution is -2.27. The Morgan fingerprint density at radius 3 is 2.29 bits per heavy atom. The van der Waals surface area contributed by atoms with Gasteiger partial charge in [-0.25, -0.2) is 8.42 Å². The lowest BCUT2D eigenvalue weighted by Gasteiger charge is -2.19. The van der Waals surface area contributed by atoms with E-state index in [1.54, 1.807) is 48.8 Å². The first-order valence-corrected chi connectivity index (χ1v) is 12.5. The summed E-state index contributed by atoms with van der Waals surface area (Å²) in [4.78, 5) is 15.9. The number of carbonyl (C=O) groups excluding carboxylic acids is 1. The Morgan fingerprint density at radius 2 is 1.65 bits per heavy atom. The normalized spacial score (nSPS) is 11.2. The molecule has 31 heavy (non-hydrogen) atoms. The van der Waals surface area contributed by atoms with Crippen molar-refractivity contribution in [2.24, 2.45) is 0 Å². The second kappa shape index (κ2) is 9.58. The number of carbonyl (C=O) groups is 1. The maximum absolute atomic E-state index is 13.1. The van der Waals surface area contributed by atoms with Crippen LogP contribution in [0.3, 0.4) is 0 Å². The summed E-state index contributed by atoms with van der Waals surface area (Å²) in [6.45, 7) is 4.08. The molecule has 5 nitrogen and oxygen atoms in total. The molecular formula is C24H26N2O3S2. The van der Waals surface area contributed by atoms with Crippen LogP contribution in [-0.2, 0) is 16.6 Å². The van der Waals surface area contributed by atoms with Crippen molar-refractivity contribution in [2.45, 2.75) is 30.2 Å². The number of sulfonamides is 1. The van der Waals surface area contributed by atoms with Gasteiger partial charge >= 0.3 is 0 Å². The minimum atomic E-state index is -3.82. The molecule has 0 bridgehead atoms. The fraction of sp³-hybridized carbons (Fsp3) is 0.208. The van der Waals surface area contributed by atoms with E-state index in [0.29, 0.717) is 17.8 Å². The van der Waals surface area contributed by atoms with Crippen molar-refractivity contribution in [1.82, 2.24) is 4.90 Å². The van der Waals surface area contributed by atoms with Gasteiger partial charge in [0, 0.05) is 24.1 Å². The van der Waals surface area contributed by atoms with Crippen LogP contribution in [0.4, 0.5) is 5.69 Å². The molecule has 0 fully saturated rings. The first-order chi connectivity index (χ1) is 14.7. The summed E-state index contributed by atoms with van der Waals surface area (Å²) in [5, 5.41) is 0. The van der Waals surface area contributed by atoms with Crippen molar-refractivity contribution in [3.8, 4) is 0 Å². The number of nitrogens with one attached hydrogen (secondary N) is 1. The largest absolute Gasteiger partial charge is 0.337 e. The zero-order valence-electron chi connectivity index (χ0n) is 18.0. The molecule has 3 aromatic rings. The van der Waals surface area contributed by atoms with Crippen LogP contribution in [0.5, 0.6) is 0 Å². The molecule has 0 aliphatic rings. The van der Waals surface area contributed by atoms with Crippen LogP contribution in [0, 0.1) is 13.8 Å². The zero-order chi connectivity index (χ0) is 22.6. The second-order valence-corrected chi connectivity index (χ2v) is 9.97. The first kappa shape index (κ1) is 22.9. The number of thioether (sulfide) groups is 1. The molecule has 1 N–H and O–H groups in total. The van der Waals surface area contributed by atoms with Crippen LogP contribution in [0.15, 0.2) is 76.5 Å². The quantitative estimate of drug-likeness (QED) is 0.505. The summed E-state index contributed by atoms with van der Waals surface area (Å²) in [6, 6.07) is 19.8. The molecule has 0 heterocycles. The minimum absolute atomic E-state index is 0.0578. The first-order valence-electron chi connectivity index (χ1n) is 9.79. The number of para-hydroxylation sites is 1. The van der Waals surface area contributed by atoms with E-state index in [9.17, 15) is 13.2 Å². The van der Waals surface area contributed by atoms with Crippen molar-refractivity contribution in [2.75, 3.05) is 18.0 Å². The minimum Gasteiger partial charge on any atom is -0.337 e. The van der Waals surface area contributed by atoms with Crippen LogP contribution in [0.2, 0.25) is 0 Å². The lowest BCUT2D eigenvalue weighted by molar-refractivity contribution is 0.0784. The number of hydrogen-bond donors (Lipinski definition) is 1. The molecule has 0 aliphatic carbocycles. The van der Waals surface area contributed by atoms with E-state index < -0.39 is 10.0 Å². The summed E-state index contributed by atoms with van der Waals surface area (Å²) in [5.74, 6) is -0.223. The highest BCUT2D eigenvalue weighted by molar-refractivity contribution is 7.98. The monoisotopic (exact) mass is 454 g/mol. The van der Waals surface area contributed by atoms with Crippen molar-refractivity contribution >= 4 is 33.4 Å². The van der Waals surface area contributed by atoms with E-state index in [-0.39, 0.29) is 10.8 Å². The number of anilines is 1. The third kappa shape index (κ3) is 5.48. The number of amides is 1. The third-order valence-electron chi connectivity index (χ3n) is 5.06. The number of nitrogens with zero attached hydrogens (tertiary/aromatic N) is 1. The van der Waals surface area contributed by atoms with E-state index in [1.165, 1.54) is 12.1 Å². The van der Waals surface area contributed by atoms with Crippen molar-refractivity contribution < 1.29 is 13.2 Å². The van der Waals surface area contributed by atoms with E-state index in [2.05, 4.69) is 4.72 Å². The van der Waals surface area contributed by atoms with Crippen LogP contribution < -0.4 is 4.72 Å². The Hall–Kier alpha value is -2.77. The number of aryl methyl sites for hydroxylation is 2. The summed E-state index contributed by atoms with van der Waals surface area (Å²) < 4.78 is 28.5. The number of hydrogen-bond acceptors (Lipinski definition) is 4. The molecule has 0 unspecified atom stereocenters. The lowest BCUT2D eigenvalue weighted by atomic mass is 10.1. The van der Waals surface area contributed by atoms with Crippen LogP contribution >= 0.6 is 11.8 Å². The number of rotatable bonds is 7. The SMILES string of the molecule is CSc1ccc(CN(C)C(=O)c2cc(S(=O)(=O)Nc3ccccc3C)ccc2C)cc1. The molecule has 7 heteroatoms. The molecule has 1 amide bonds. The summed E-state index contributed by atoms with van der Waals surface area (Å²) in [7, 11) is -2.10. The van der Waals surface area contributed by atoms with E-state index in [4.69, 9.17) is 0 Å². The van der Waals surface area contributed by atoms with E-state index in [1.807, 2.05) is 49.6 Å². The fourth-order valence-electron chi connectivity index (χ4n) is 3.17. The van der Waals surface area contributed by atoms with Gasteiger partial charge in [-0.1, -0.05) is 36.4 Å². The standard InChI is InChI=1S/C24H26N2O3S2/c1-17-9-14-21(31(28,29)25-23-8-6-5-7-18(23)2)15-22(17)24(27)26(3)16-19-10-12-20(30-4)13-11-19/h5-15,25H,16H2,1-4H3. The van der Waals surface area contributed by atoms with Gasteiger partial charge in [0.2, 0.25) is 0 Å². The predicted molar refractivity (Wildman–Crippen MR) is 127 cm³/mol. The fourth-order valence-corrected chi connectivity index (χ4v) is 4.74. The highest BCUT2D eigenvalue weighted by Gasteiger charge is 2.21. The van der Waals surface area contributed by atoms with Gasteiger partial charge < -0.3 is 4.90 Å². The van der Waals surface area contributed by atoms with E-state index in [0.717, 1.165) is 21.6 Å². The van der Waals surface area contributed by atoms with Gasteiger partial charge in [-0.2, -0.15) is 0 Å². The molecule has 162 valence electrons. The summed E-state index contributed by atoms with van der Waals surface area (Å²) in [6.07, 6.45) is 2.02. The van der Waals surface area contributed by atoms with Crippen molar-refractivity contribution in [3.63, 3.8) is 0 Å². The zero-order valence-corrected chi connectivity index (χ0v) is 19.7. The molecule has 3 aromatic carbocycles. The predicted octanol–water partition coefficient (Wildman–Crippen LogP) is 5.10. The van der Waals surface area contributed by atoms with Crippen molar-refractivity contribution in [1.29, 1.82) is 0 Å². The van der Waals surface area contributed by atoms with Gasteiger partial charge in [0.25, 0.3) is 15.9 Å². The molecule has 0 saturated carbocycles. The average molecular weight is 455 g/mol. The Labute approximate surface area is 188 Å². The molecular weight excluding hydrogens is 428 g/mol. The summed E-state index contributed by atoms with van der Waals surface area (Å²) in [5.41, 5.74) is 3.44. The maximum atomic E-state index is 13.1. The third-order valence-corrected chi connectivity index (χ3v) is 7.17. The topological polar surface area (TPSA) is 66.5 Å². The Balaban J connectivity index is 1.83. The summed E-state index contributed by atoms with van der Waals surface area (Å²) >= 11 is 1.66. The Morgan fingerprint density at radius 1 is 0.968 bits per heavy atom. The van der Waals surface area contributed by atoms with Gasteiger partial charge in [0.15, 0.2) is 0 Å². The van der Waals surface area contributed by atoms with E-state index >= 15 is 0 Å². The van der Waals surface area contributed by atoms with Gasteiger partial charge in [-0.3, -0.25) is 9.52 Å². The molecule has 3 rings (SSSR count).